The van der Waals surface area contributed by atoms with Crippen molar-refractivity contribution in [1.82, 2.24) is 0 Å². The Morgan fingerprint density at radius 1 is 1.36 bits per heavy atom. The molecule has 0 atom stereocenters. The van der Waals surface area contributed by atoms with E-state index in [1.54, 1.807) is 0 Å². The van der Waals surface area contributed by atoms with E-state index in [-0.39, 0.29) is 6.42 Å². The lowest BCUT2D eigenvalue weighted by atomic mass is 10.0. The van der Waals surface area contributed by atoms with Gasteiger partial charge in [0.05, 0.1) is 0 Å². The van der Waals surface area contributed by atoms with Crippen LogP contribution in [-0.2, 0) is 4.79 Å². The van der Waals surface area contributed by atoms with Crippen LogP contribution in [-0.4, -0.2) is 21.8 Å². The largest absolute Gasteiger partial charge is 0.360 e. The zero-order chi connectivity index (χ0) is 8.91. The lowest BCUT2D eigenvalue weighted by Gasteiger charge is -2.17. The molecule has 0 spiro atoms. The number of ketones is 1. The minimum atomic E-state index is -2.09. The summed E-state index contributed by atoms with van der Waals surface area (Å²) in [6, 6.07) is 0. The highest BCUT2D eigenvalue weighted by Gasteiger charge is 2.27. The van der Waals surface area contributed by atoms with Crippen molar-refractivity contribution in [3.8, 4) is 0 Å². The minimum Gasteiger partial charge on any atom is -0.360 e. The number of hydrogen-bond acceptors (Lipinski definition) is 3. The van der Waals surface area contributed by atoms with Gasteiger partial charge >= 0.3 is 0 Å². The second kappa shape index (κ2) is 4.46. The van der Waals surface area contributed by atoms with Gasteiger partial charge < -0.3 is 10.2 Å². The molecule has 0 saturated carbocycles. The van der Waals surface area contributed by atoms with Gasteiger partial charge in [0.1, 0.15) is 0 Å². The molecule has 0 heterocycles. The molecule has 0 unspecified atom stereocenters. The number of unbranched alkanes of at least 4 members (excludes halogenated alkanes) is 2. The molecular formula is C8H16O3. The topological polar surface area (TPSA) is 57.5 Å². The molecule has 0 aliphatic carbocycles. The van der Waals surface area contributed by atoms with E-state index >= 15 is 0 Å². The van der Waals surface area contributed by atoms with Crippen LogP contribution in [0, 0.1) is 0 Å². The summed E-state index contributed by atoms with van der Waals surface area (Å²) in [5.41, 5.74) is 0. The van der Waals surface area contributed by atoms with E-state index < -0.39 is 11.6 Å². The Balaban J connectivity index is 3.64. The van der Waals surface area contributed by atoms with Gasteiger partial charge in [-0.25, -0.2) is 0 Å². The normalized spacial score (nSPS) is 11.6. The van der Waals surface area contributed by atoms with Gasteiger partial charge in [-0.15, -0.1) is 0 Å². The van der Waals surface area contributed by atoms with Crippen molar-refractivity contribution in [1.29, 1.82) is 0 Å². The predicted molar refractivity (Wildman–Crippen MR) is 42.0 cm³/mol. The first-order valence-corrected chi connectivity index (χ1v) is 3.96. The lowest BCUT2D eigenvalue weighted by molar-refractivity contribution is -0.183. The van der Waals surface area contributed by atoms with Crippen LogP contribution in [0.15, 0.2) is 0 Å². The van der Waals surface area contributed by atoms with E-state index in [4.69, 9.17) is 10.2 Å². The van der Waals surface area contributed by atoms with Gasteiger partial charge in [0.25, 0.3) is 0 Å². The first kappa shape index (κ1) is 10.6. The van der Waals surface area contributed by atoms with Crippen LogP contribution in [0.2, 0.25) is 0 Å². The summed E-state index contributed by atoms with van der Waals surface area (Å²) in [6.45, 7) is 3.20. The molecule has 66 valence electrons. The molecule has 3 heteroatoms. The summed E-state index contributed by atoms with van der Waals surface area (Å²) in [6.07, 6.45) is 2.77. The maximum absolute atomic E-state index is 10.6. The minimum absolute atomic E-state index is 0.149. The van der Waals surface area contributed by atoms with E-state index in [0.29, 0.717) is 6.42 Å². The summed E-state index contributed by atoms with van der Waals surface area (Å²) in [4.78, 5) is 10.6. The molecule has 0 radical (unpaired) electrons. The van der Waals surface area contributed by atoms with Gasteiger partial charge in [-0.2, -0.15) is 0 Å². The summed E-state index contributed by atoms with van der Waals surface area (Å²) >= 11 is 0. The Labute approximate surface area is 67.0 Å². The van der Waals surface area contributed by atoms with Crippen LogP contribution in [0.3, 0.4) is 0 Å². The van der Waals surface area contributed by atoms with Crippen LogP contribution in [0.4, 0.5) is 0 Å². The third-order valence-electron chi connectivity index (χ3n) is 1.69. The molecule has 0 fully saturated rings. The van der Waals surface area contributed by atoms with Gasteiger partial charge in [0.15, 0.2) is 5.78 Å². The van der Waals surface area contributed by atoms with Gasteiger partial charge in [-0.3, -0.25) is 4.79 Å². The van der Waals surface area contributed by atoms with Gasteiger partial charge in [-0.1, -0.05) is 19.8 Å². The third-order valence-corrected chi connectivity index (χ3v) is 1.69. The second-order valence-corrected chi connectivity index (χ2v) is 2.83. The van der Waals surface area contributed by atoms with Crippen LogP contribution in [0.5, 0.6) is 0 Å². The Kier molecular flexibility index (Phi) is 4.30. The number of carbonyl (C=O) groups excluding carboxylic acids is 1. The Hall–Kier alpha value is -0.410. The maximum Gasteiger partial charge on any atom is 0.223 e. The van der Waals surface area contributed by atoms with Crippen molar-refractivity contribution in [3.63, 3.8) is 0 Å². The highest BCUT2D eigenvalue weighted by atomic mass is 16.5. The van der Waals surface area contributed by atoms with Crippen molar-refractivity contribution in [2.75, 3.05) is 0 Å². The second-order valence-electron chi connectivity index (χ2n) is 2.83. The molecule has 0 aromatic rings. The average molecular weight is 160 g/mol. The molecular weight excluding hydrogens is 144 g/mol. The van der Waals surface area contributed by atoms with E-state index in [9.17, 15) is 4.79 Å². The third kappa shape index (κ3) is 4.11. The number of aliphatic hydroxyl groups is 2. The molecule has 0 saturated heterocycles. The van der Waals surface area contributed by atoms with Crippen LogP contribution in [0.25, 0.3) is 0 Å². The first-order chi connectivity index (χ1) is 5.00. The fourth-order valence-electron chi connectivity index (χ4n) is 0.798. The van der Waals surface area contributed by atoms with Crippen molar-refractivity contribution < 1.29 is 15.0 Å². The fourth-order valence-corrected chi connectivity index (χ4v) is 0.798. The summed E-state index contributed by atoms with van der Waals surface area (Å²) in [5, 5.41) is 18.0. The zero-order valence-electron chi connectivity index (χ0n) is 7.13. The van der Waals surface area contributed by atoms with E-state index in [1.807, 2.05) is 6.92 Å². The van der Waals surface area contributed by atoms with Gasteiger partial charge in [0.2, 0.25) is 5.79 Å². The van der Waals surface area contributed by atoms with Crippen molar-refractivity contribution in [3.05, 3.63) is 0 Å². The molecule has 0 aromatic heterocycles. The van der Waals surface area contributed by atoms with Crippen LogP contribution < -0.4 is 0 Å². The number of carbonyl (C=O) groups is 1. The van der Waals surface area contributed by atoms with E-state index in [2.05, 4.69) is 0 Å². The monoisotopic (exact) mass is 160 g/mol. The van der Waals surface area contributed by atoms with Crippen molar-refractivity contribution in [2.45, 2.75) is 45.3 Å². The molecule has 3 nitrogen and oxygen atoms in total. The molecule has 0 rings (SSSR count). The smallest absolute Gasteiger partial charge is 0.223 e. The average Bonchev–Trinajstić information content (AvgIpc) is 1.88. The van der Waals surface area contributed by atoms with Crippen LogP contribution >= 0.6 is 0 Å². The number of rotatable bonds is 5. The van der Waals surface area contributed by atoms with E-state index in [0.717, 1.165) is 12.8 Å². The molecule has 0 bridgehead atoms. The lowest BCUT2D eigenvalue weighted by Crippen LogP contribution is -2.36. The van der Waals surface area contributed by atoms with Crippen LogP contribution in [0.1, 0.15) is 39.5 Å². The van der Waals surface area contributed by atoms with Crippen molar-refractivity contribution in [2.24, 2.45) is 0 Å². The Morgan fingerprint density at radius 2 is 1.91 bits per heavy atom. The SMILES string of the molecule is CCCCCC(O)(O)C(C)=O. The molecule has 0 aliphatic heterocycles. The Bertz CT molecular complexity index is 129. The molecule has 0 aromatic carbocycles. The number of Topliss-reactive ketones (excluding diaryl/α,β-unsaturated/α-hetero) is 1. The summed E-state index contributed by atoms with van der Waals surface area (Å²) in [7, 11) is 0. The standard InChI is InChI=1S/C8H16O3/c1-3-4-5-6-8(10,11)7(2)9/h10-11H,3-6H2,1-2H3. The van der Waals surface area contributed by atoms with Gasteiger partial charge in [-0.05, 0) is 6.42 Å². The molecule has 2 N–H and O–H groups in total. The Morgan fingerprint density at radius 3 is 2.27 bits per heavy atom. The first-order valence-electron chi connectivity index (χ1n) is 3.96. The molecule has 11 heavy (non-hydrogen) atoms. The number of hydrogen-bond donors (Lipinski definition) is 2. The van der Waals surface area contributed by atoms with Gasteiger partial charge in [0, 0.05) is 13.3 Å². The molecule has 0 amide bonds. The summed E-state index contributed by atoms with van der Waals surface area (Å²) in [5.74, 6) is -2.66. The summed E-state index contributed by atoms with van der Waals surface area (Å²) < 4.78 is 0. The van der Waals surface area contributed by atoms with Crippen molar-refractivity contribution >= 4 is 5.78 Å². The highest BCUT2D eigenvalue weighted by Crippen LogP contribution is 2.12. The van der Waals surface area contributed by atoms with E-state index in [1.165, 1.54) is 6.92 Å². The highest BCUT2D eigenvalue weighted by molar-refractivity contribution is 5.82. The zero-order valence-corrected chi connectivity index (χ0v) is 7.13. The predicted octanol–water partition coefficient (Wildman–Crippen LogP) is 0.837. The maximum atomic E-state index is 10.6. The molecule has 0 aliphatic rings. The fraction of sp³-hybridized carbons (Fsp3) is 0.875. The quantitative estimate of drug-likeness (QED) is 0.462.